The van der Waals surface area contributed by atoms with Crippen molar-refractivity contribution in [3.8, 4) is 0 Å². The maximum atomic E-state index is 12.0. The number of nitrogens with zero attached hydrogens (tertiary/aromatic N) is 3. The number of hydrogen-bond acceptors (Lipinski definition) is 4. The molecule has 19 heavy (non-hydrogen) atoms. The zero-order chi connectivity index (χ0) is 13.2. The molecule has 1 saturated carbocycles. The fourth-order valence-electron chi connectivity index (χ4n) is 2.72. The molecule has 1 aliphatic rings. The number of fused-ring (bicyclic) bond motifs is 1. The fraction of sp³-hybridized carbons (Fsp3) is 0.500. The molecule has 0 spiro atoms. The molecule has 2 aromatic rings. The highest BCUT2D eigenvalue weighted by atomic mass is 16.1. The van der Waals surface area contributed by atoms with Crippen molar-refractivity contribution in [1.29, 1.82) is 0 Å². The van der Waals surface area contributed by atoms with Crippen LogP contribution >= 0.6 is 0 Å². The van der Waals surface area contributed by atoms with Gasteiger partial charge in [0.05, 0.1) is 5.39 Å². The average molecular weight is 258 g/mol. The molecule has 1 fully saturated rings. The largest absolute Gasteiger partial charge is 0.364 e. The minimum absolute atomic E-state index is 0.0997. The normalized spacial score (nSPS) is 16.7. The molecule has 0 atom stereocenters. The Labute approximate surface area is 111 Å². The highest BCUT2D eigenvalue weighted by molar-refractivity contribution is 5.86. The minimum atomic E-state index is -0.0997. The van der Waals surface area contributed by atoms with Gasteiger partial charge in [0.15, 0.2) is 5.82 Å². The van der Waals surface area contributed by atoms with E-state index < -0.39 is 0 Å². The summed E-state index contributed by atoms with van der Waals surface area (Å²) in [7, 11) is 1.68. The van der Waals surface area contributed by atoms with Gasteiger partial charge in [0.25, 0.3) is 5.56 Å². The first-order chi connectivity index (χ1) is 9.25. The third kappa shape index (κ3) is 2.32. The lowest BCUT2D eigenvalue weighted by Gasteiger charge is -2.23. The van der Waals surface area contributed by atoms with Crippen LogP contribution < -0.4 is 10.9 Å². The van der Waals surface area contributed by atoms with Crippen LogP contribution in [0.4, 0.5) is 5.82 Å². The molecule has 0 unspecified atom stereocenters. The zero-order valence-electron chi connectivity index (χ0n) is 11.1. The van der Waals surface area contributed by atoms with Gasteiger partial charge in [0.2, 0.25) is 0 Å². The Morgan fingerprint density at radius 1 is 1.32 bits per heavy atom. The zero-order valence-corrected chi connectivity index (χ0v) is 11.1. The van der Waals surface area contributed by atoms with Gasteiger partial charge in [-0.2, -0.15) is 5.10 Å². The summed E-state index contributed by atoms with van der Waals surface area (Å²) in [5.74, 6) is 0.726. The molecule has 0 radical (unpaired) electrons. The second-order valence-electron chi connectivity index (χ2n) is 5.16. The van der Waals surface area contributed by atoms with Crippen molar-refractivity contribution in [2.45, 2.75) is 38.1 Å². The van der Waals surface area contributed by atoms with Crippen LogP contribution in [0.2, 0.25) is 0 Å². The summed E-state index contributed by atoms with van der Waals surface area (Å²) >= 11 is 0. The highest BCUT2D eigenvalue weighted by Crippen LogP contribution is 2.23. The van der Waals surface area contributed by atoms with Gasteiger partial charge in [-0.25, -0.2) is 4.68 Å². The standard InChI is InChI=1S/C14H18N4O/c1-18-14(19)11-8-5-9-15-12(11)13(17-18)16-10-6-3-2-4-7-10/h5,8-10H,2-4,6-7H2,1H3,(H,16,17). The van der Waals surface area contributed by atoms with Gasteiger partial charge < -0.3 is 5.32 Å². The van der Waals surface area contributed by atoms with Gasteiger partial charge in [0.1, 0.15) is 5.52 Å². The number of hydrogen-bond donors (Lipinski definition) is 1. The highest BCUT2D eigenvalue weighted by Gasteiger charge is 2.16. The Morgan fingerprint density at radius 2 is 2.11 bits per heavy atom. The molecule has 5 nitrogen and oxygen atoms in total. The van der Waals surface area contributed by atoms with Crippen LogP contribution in [0.5, 0.6) is 0 Å². The molecule has 2 heterocycles. The van der Waals surface area contributed by atoms with Crippen LogP contribution in [-0.2, 0) is 7.05 Å². The predicted octanol–water partition coefficient (Wildman–Crippen LogP) is 2.07. The summed E-state index contributed by atoms with van der Waals surface area (Å²) in [5.41, 5.74) is 0.577. The van der Waals surface area contributed by atoms with E-state index in [9.17, 15) is 4.79 Å². The van der Waals surface area contributed by atoms with Gasteiger partial charge >= 0.3 is 0 Å². The first kappa shape index (κ1) is 12.1. The first-order valence-corrected chi connectivity index (χ1v) is 6.84. The van der Waals surface area contributed by atoms with Gasteiger partial charge in [-0.1, -0.05) is 19.3 Å². The molecule has 0 aliphatic heterocycles. The minimum Gasteiger partial charge on any atom is -0.364 e. The number of anilines is 1. The van der Waals surface area contributed by atoms with Crippen molar-refractivity contribution >= 4 is 16.7 Å². The monoisotopic (exact) mass is 258 g/mol. The molecule has 0 bridgehead atoms. The summed E-state index contributed by atoms with van der Waals surface area (Å²) in [6, 6.07) is 4.04. The Hall–Kier alpha value is -1.91. The molecule has 0 aromatic carbocycles. The molecule has 2 aromatic heterocycles. The van der Waals surface area contributed by atoms with E-state index in [1.165, 1.54) is 36.8 Å². The lowest BCUT2D eigenvalue weighted by Crippen LogP contribution is -2.27. The van der Waals surface area contributed by atoms with Crippen LogP contribution in [-0.4, -0.2) is 20.8 Å². The van der Waals surface area contributed by atoms with Crippen LogP contribution in [0.3, 0.4) is 0 Å². The van der Waals surface area contributed by atoms with Crippen molar-refractivity contribution in [2.75, 3.05) is 5.32 Å². The van der Waals surface area contributed by atoms with Gasteiger partial charge in [-0.15, -0.1) is 0 Å². The van der Waals surface area contributed by atoms with Crippen molar-refractivity contribution in [3.05, 3.63) is 28.7 Å². The average Bonchev–Trinajstić information content (AvgIpc) is 2.46. The smallest absolute Gasteiger partial charge is 0.276 e. The van der Waals surface area contributed by atoms with E-state index in [4.69, 9.17) is 0 Å². The van der Waals surface area contributed by atoms with Crippen molar-refractivity contribution in [3.63, 3.8) is 0 Å². The lowest BCUT2D eigenvalue weighted by molar-refractivity contribution is 0.461. The summed E-state index contributed by atoms with van der Waals surface area (Å²) in [6.07, 6.45) is 7.87. The number of nitrogens with one attached hydrogen (secondary N) is 1. The van der Waals surface area contributed by atoms with Crippen molar-refractivity contribution < 1.29 is 0 Å². The van der Waals surface area contributed by atoms with E-state index >= 15 is 0 Å². The van der Waals surface area contributed by atoms with E-state index in [0.29, 0.717) is 16.9 Å². The summed E-state index contributed by atoms with van der Waals surface area (Å²) in [6.45, 7) is 0. The second-order valence-corrected chi connectivity index (χ2v) is 5.16. The Balaban J connectivity index is 2.02. The number of rotatable bonds is 2. The molecule has 100 valence electrons. The van der Waals surface area contributed by atoms with Crippen molar-refractivity contribution in [2.24, 2.45) is 7.05 Å². The Morgan fingerprint density at radius 3 is 2.89 bits per heavy atom. The van der Waals surface area contributed by atoms with E-state index in [1.807, 2.05) is 0 Å². The van der Waals surface area contributed by atoms with E-state index in [-0.39, 0.29) is 5.56 Å². The van der Waals surface area contributed by atoms with E-state index in [1.54, 1.807) is 25.4 Å². The predicted molar refractivity (Wildman–Crippen MR) is 75.3 cm³/mol. The summed E-state index contributed by atoms with van der Waals surface area (Å²) in [5, 5.41) is 8.41. The maximum absolute atomic E-state index is 12.0. The molecule has 3 rings (SSSR count). The molecule has 0 saturated heterocycles. The van der Waals surface area contributed by atoms with Gasteiger partial charge in [-0.05, 0) is 25.0 Å². The van der Waals surface area contributed by atoms with Crippen LogP contribution in [0.15, 0.2) is 23.1 Å². The van der Waals surface area contributed by atoms with E-state index in [0.717, 1.165) is 5.82 Å². The van der Waals surface area contributed by atoms with E-state index in [2.05, 4.69) is 15.4 Å². The molecule has 1 N–H and O–H groups in total. The maximum Gasteiger partial charge on any atom is 0.276 e. The topological polar surface area (TPSA) is 59.8 Å². The summed E-state index contributed by atoms with van der Waals surface area (Å²) < 4.78 is 1.38. The third-order valence-electron chi connectivity index (χ3n) is 3.75. The van der Waals surface area contributed by atoms with Crippen LogP contribution in [0.1, 0.15) is 32.1 Å². The van der Waals surface area contributed by atoms with Crippen LogP contribution in [0.25, 0.3) is 10.9 Å². The molecule has 0 amide bonds. The Bertz CT molecular complexity index is 643. The number of aryl methyl sites for hydroxylation is 1. The molecule has 1 aliphatic carbocycles. The van der Waals surface area contributed by atoms with Crippen LogP contribution in [0, 0.1) is 0 Å². The first-order valence-electron chi connectivity index (χ1n) is 6.84. The second kappa shape index (κ2) is 4.99. The third-order valence-corrected chi connectivity index (χ3v) is 3.75. The molecule has 5 heteroatoms. The number of aromatic nitrogens is 3. The number of pyridine rings is 1. The Kier molecular flexibility index (Phi) is 3.19. The quantitative estimate of drug-likeness (QED) is 0.896. The summed E-state index contributed by atoms with van der Waals surface area (Å²) in [4.78, 5) is 16.3. The van der Waals surface area contributed by atoms with Gasteiger partial charge in [-0.3, -0.25) is 9.78 Å². The van der Waals surface area contributed by atoms with Gasteiger partial charge in [0, 0.05) is 19.3 Å². The SMILES string of the molecule is Cn1nc(NC2CCCCC2)c2ncccc2c1=O. The van der Waals surface area contributed by atoms with Crippen molar-refractivity contribution in [1.82, 2.24) is 14.8 Å². The fourth-order valence-corrected chi connectivity index (χ4v) is 2.72. The molecular weight excluding hydrogens is 240 g/mol. The lowest BCUT2D eigenvalue weighted by atomic mass is 9.95. The molecular formula is C14H18N4O.